The number of nitrogens with one attached hydrogen (secondary N) is 1. The van der Waals surface area contributed by atoms with E-state index in [1.54, 1.807) is 12.1 Å². The van der Waals surface area contributed by atoms with Crippen molar-refractivity contribution >= 4 is 5.91 Å². The van der Waals surface area contributed by atoms with E-state index in [0.29, 0.717) is 5.69 Å². The van der Waals surface area contributed by atoms with E-state index in [9.17, 15) is 9.59 Å². The van der Waals surface area contributed by atoms with Crippen LogP contribution in [-0.4, -0.2) is 28.8 Å². The van der Waals surface area contributed by atoms with Crippen LogP contribution in [0.15, 0.2) is 41.2 Å². The highest BCUT2D eigenvalue weighted by Crippen LogP contribution is 2.20. The summed E-state index contributed by atoms with van der Waals surface area (Å²) in [6.45, 7) is 0. The second-order valence-corrected chi connectivity index (χ2v) is 5.60. The topological polar surface area (TPSA) is 73.2 Å². The van der Waals surface area contributed by atoms with Gasteiger partial charge in [0.15, 0.2) is 11.4 Å². The number of amides is 1. The highest BCUT2D eigenvalue weighted by atomic mass is 16.5. The van der Waals surface area contributed by atoms with E-state index < -0.39 is 0 Å². The molecule has 1 amide bonds. The van der Waals surface area contributed by atoms with E-state index in [-0.39, 0.29) is 29.0 Å². The van der Waals surface area contributed by atoms with Gasteiger partial charge >= 0.3 is 0 Å². The first kappa shape index (κ1) is 15.3. The molecule has 1 aromatic heterocycles. The predicted octanol–water partition coefficient (Wildman–Crippen LogP) is 1.91. The monoisotopic (exact) mass is 313 g/mol. The molecule has 1 N–H and O–H groups in total. The molecule has 6 heteroatoms. The number of benzene rings is 1. The lowest BCUT2D eigenvalue weighted by Gasteiger charge is -2.14. The Morgan fingerprint density at radius 3 is 2.61 bits per heavy atom. The molecule has 1 aromatic carbocycles. The molecule has 1 saturated carbocycles. The molecule has 0 unspecified atom stereocenters. The standard InChI is InChI=1S/C17H19N3O3/c1-23-14-11-15(21)20(13-9-3-2-4-10-13)19-16(14)17(22)18-12-7-5-6-8-12/h2-4,9-12H,5-8H2,1H3,(H,18,22). The van der Waals surface area contributed by atoms with Crippen LogP contribution < -0.4 is 15.6 Å². The zero-order valence-electron chi connectivity index (χ0n) is 13.0. The fraction of sp³-hybridized carbons (Fsp3) is 0.353. The van der Waals surface area contributed by atoms with Crippen LogP contribution in [0.4, 0.5) is 0 Å². The van der Waals surface area contributed by atoms with Crippen molar-refractivity contribution in [3.05, 3.63) is 52.4 Å². The number of aromatic nitrogens is 2. The van der Waals surface area contributed by atoms with Crippen LogP contribution in [0.5, 0.6) is 5.75 Å². The Morgan fingerprint density at radius 1 is 1.26 bits per heavy atom. The summed E-state index contributed by atoms with van der Waals surface area (Å²) in [5.41, 5.74) is 0.392. The molecule has 2 aromatic rings. The first-order chi connectivity index (χ1) is 11.2. The molecule has 120 valence electrons. The van der Waals surface area contributed by atoms with Crippen LogP contribution in [0, 0.1) is 0 Å². The van der Waals surface area contributed by atoms with Gasteiger partial charge in [-0.25, -0.2) is 0 Å². The zero-order chi connectivity index (χ0) is 16.2. The number of hydrogen-bond donors (Lipinski definition) is 1. The van der Waals surface area contributed by atoms with Crippen LogP contribution in [0.3, 0.4) is 0 Å². The quantitative estimate of drug-likeness (QED) is 0.936. The predicted molar refractivity (Wildman–Crippen MR) is 86.1 cm³/mol. The summed E-state index contributed by atoms with van der Waals surface area (Å²) in [5, 5.41) is 7.19. The number of ether oxygens (including phenoxy) is 1. The third kappa shape index (κ3) is 3.26. The molecule has 0 aliphatic heterocycles. The van der Waals surface area contributed by atoms with Gasteiger partial charge in [0.05, 0.1) is 18.9 Å². The Hall–Kier alpha value is -2.63. The first-order valence-electron chi connectivity index (χ1n) is 7.73. The maximum absolute atomic E-state index is 12.5. The van der Waals surface area contributed by atoms with Crippen molar-refractivity contribution < 1.29 is 9.53 Å². The Labute approximate surface area is 134 Å². The molecule has 0 radical (unpaired) electrons. The molecule has 6 nitrogen and oxygen atoms in total. The van der Waals surface area contributed by atoms with Crippen molar-refractivity contribution in [1.82, 2.24) is 15.1 Å². The minimum absolute atomic E-state index is 0.128. The van der Waals surface area contributed by atoms with Crippen LogP contribution in [-0.2, 0) is 0 Å². The zero-order valence-corrected chi connectivity index (χ0v) is 13.0. The molecule has 3 rings (SSSR count). The van der Waals surface area contributed by atoms with Gasteiger partial charge in [0.25, 0.3) is 11.5 Å². The Bertz CT molecular complexity index is 749. The lowest BCUT2D eigenvalue weighted by atomic mass is 10.2. The summed E-state index contributed by atoms with van der Waals surface area (Å²) in [6.07, 6.45) is 4.21. The van der Waals surface area contributed by atoms with Gasteiger partial charge in [-0.15, -0.1) is 0 Å². The third-order valence-electron chi connectivity index (χ3n) is 4.02. The number of nitrogens with zero attached hydrogens (tertiary/aromatic N) is 2. The van der Waals surface area contributed by atoms with Gasteiger partial charge in [0.1, 0.15) is 0 Å². The molecule has 1 heterocycles. The van der Waals surface area contributed by atoms with Crippen molar-refractivity contribution in [1.29, 1.82) is 0 Å². The molecule has 0 bridgehead atoms. The Morgan fingerprint density at radius 2 is 1.96 bits per heavy atom. The largest absolute Gasteiger partial charge is 0.494 e. The minimum Gasteiger partial charge on any atom is -0.494 e. The van der Waals surface area contributed by atoms with Crippen molar-refractivity contribution in [3.63, 3.8) is 0 Å². The van der Waals surface area contributed by atoms with Crippen LogP contribution in [0.1, 0.15) is 36.2 Å². The molecule has 1 fully saturated rings. The van der Waals surface area contributed by atoms with Crippen LogP contribution >= 0.6 is 0 Å². The molecule has 0 saturated heterocycles. The lowest BCUT2D eigenvalue weighted by molar-refractivity contribution is 0.0927. The smallest absolute Gasteiger partial charge is 0.275 e. The van der Waals surface area contributed by atoms with Gasteiger partial charge in [-0.2, -0.15) is 9.78 Å². The normalized spacial score (nSPS) is 14.7. The van der Waals surface area contributed by atoms with Gasteiger partial charge in [-0.05, 0) is 25.0 Å². The van der Waals surface area contributed by atoms with E-state index in [0.717, 1.165) is 25.7 Å². The summed E-state index contributed by atoms with van der Waals surface area (Å²) in [4.78, 5) is 24.7. The Balaban J connectivity index is 1.97. The number of hydrogen-bond acceptors (Lipinski definition) is 4. The highest BCUT2D eigenvalue weighted by Gasteiger charge is 2.22. The number of carbonyl (C=O) groups is 1. The molecule has 0 spiro atoms. The number of para-hydroxylation sites is 1. The van der Waals surface area contributed by atoms with Gasteiger partial charge in [-0.3, -0.25) is 9.59 Å². The van der Waals surface area contributed by atoms with Crippen molar-refractivity contribution in [2.24, 2.45) is 0 Å². The summed E-state index contributed by atoms with van der Waals surface area (Å²) in [6, 6.07) is 10.5. The van der Waals surface area contributed by atoms with Gasteiger partial charge in [0.2, 0.25) is 0 Å². The molecule has 1 aliphatic rings. The van der Waals surface area contributed by atoms with E-state index in [1.807, 2.05) is 18.2 Å². The van der Waals surface area contributed by atoms with Gasteiger partial charge < -0.3 is 10.1 Å². The minimum atomic E-state index is -0.342. The fourth-order valence-corrected chi connectivity index (χ4v) is 2.83. The third-order valence-corrected chi connectivity index (χ3v) is 4.02. The number of methoxy groups -OCH3 is 1. The number of carbonyl (C=O) groups excluding carboxylic acids is 1. The van der Waals surface area contributed by atoms with Crippen LogP contribution in [0.25, 0.3) is 5.69 Å². The summed E-state index contributed by atoms with van der Waals surface area (Å²) in [5.74, 6) is -0.115. The molecule has 23 heavy (non-hydrogen) atoms. The molecule has 1 aliphatic carbocycles. The molecular weight excluding hydrogens is 294 g/mol. The van der Waals surface area contributed by atoms with Crippen molar-refractivity contribution in [2.45, 2.75) is 31.7 Å². The van der Waals surface area contributed by atoms with Crippen molar-refractivity contribution in [2.75, 3.05) is 7.11 Å². The average Bonchev–Trinajstić information content (AvgIpc) is 3.08. The van der Waals surface area contributed by atoms with E-state index >= 15 is 0 Å². The Kier molecular flexibility index (Phi) is 4.41. The second kappa shape index (κ2) is 6.64. The fourth-order valence-electron chi connectivity index (χ4n) is 2.83. The number of rotatable bonds is 4. The summed E-state index contributed by atoms with van der Waals surface area (Å²) < 4.78 is 6.38. The lowest BCUT2D eigenvalue weighted by Crippen LogP contribution is -2.35. The highest BCUT2D eigenvalue weighted by molar-refractivity contribution is 5.95. The SMILES string of the molecule is COc1cc(=O)n(-c2ccccc2)nc1C(=O)NC1CCCC1. The van der Waals surface area contributed by atoms with Crippen molar-refractivity contribution in [3.8, 4) is 11.4 Å². The van der Waals surface area contributed by atoms with Gasteiger partial charge in [0, 0.05) is 6.04 Å². The van der Waals surface area contributed by atoms with Crippen LogP contribution in [0.2, 0.25) is 0 Å². The van der Waals surface area contributed by atoms with E-state index in [4.69, 9.17) is 4.74 Å². The van der Waals surface area contributed by atoms with Gasteiger partial charge in [-0.1, -0.05) is 31.0 Å². The first-order valence-corrected chi connectivity index (χ1v) is 7.73. The second-order valence-electron chi connectivity index (χ2n) is 5.60. The molecular formula is C17H19N3O3. The summed E-state index contributed by atoms with van der Waals surface area (Å²) >= 11 is 0. The summed E-state index contributed by atoms with van der Waals surface area (Å²) in [7, 11) is 1.43. The molecule has 0 atom stereocenters. The maximum Gasteiger partial charge on any atom is 0.275 e. The van der Waals surface area contributed by atoms with E-state index in [2.05, 4.69) is 10.4 Å². The maximum atomic E-state index is 12.5. The van der Waals surface area contributed by atoms with E-state index in [1.165, 1.54) is 17.9 Å². The average molecular weight is 313 g/mol.